The molecule has 0 radical (unpaired) electrons. The average molecular weight is 258 g/mol. The molecule has 2 fully saturated rings. The molecule has 3 atom stereocenters. The Bertz CT molecular complexity index is 513. The van der Waals surface area contributed by atoms with Gasteiger partial charge >= 0.3 is 0 Å². The highest BCUT2D eigenvalue weighted by molar-refractivity contribution is 5.62. The first-order chi connectivity index (χ1) is 8.77. The number of hydrogen-bond donors (Lipinski definition) is 0. The van der Waals surface area contributed by atoms with E-state index >= 15 is 0 Å². The van der Waals surface area contributed by atoms with Crippen LogP contribution >= 0.6 is 0 Å². The second kappa shape index (κ2) is 3.74. The smallest absolute Gasteiger partial charge is 0.0619 e. The number of pyridine rings is 1. The lowest BCUT2D eigenvalue weighted by molar-refractivity contribution is 0.290. The maximum Gasteiger partial charge on any atom is 0.0619 e. The molecule has 0 spiro atoms. The zero-order valence-electron chi connectivity index (χ0n) is 13.2. The van der Waals surface area contributed by atoms with Crippen molar-refractivity contribution >= 4 is 5.69 Å². The van der Waals surface area contributed by atoms with Crippen LogP contribution in [0.25, 0.3) is 0 Å². The standard InChI is InChI=1S/C17H26N2/c1-11-9-12(2)18-13(3)15(11)19-14(4)16(5)7-8-17(19,6)10-16/h9,14H,7-8,10H2,1-6H3/t14-,16?,17?/m0/s1. The molecule has 2 unspecified atom stereocenters. The van der Waals surface area contributed by atoms with Crippen molar-refractivity contribution in [2.45, 2.75) is 72.4 Å². The molecular weight excluding hydrogens is 232 g/mol. The molecule has 0 aromatic carbocycles. The number of fused-ring (bicyclic) bond motifs is 2. The van der Waals surface area contributed by atoms with E-state index in [2.05, 4.69) is 52.5 Å². The molecule has 1 saturated heterocycles. The third-order valence-electron chi connectivity index (χ3n) is 5.72. The van der Waals surface area contributed by atoms with E-state index in [-0.39, 0.29) is 0 Å². The lowest BCUT2D eigenvalue weighted by atomic mass is 9.82. The van der Waals surface area contributed by atoms with Gasteiger partial charge in [0.25, 0.3) is 0 Å². The van der Waals surface area contributed by atoms with E-state index in [0.29, 0.717) is 17.0 Å². The molecule has 2 aliphatic rings. The van der Waals surface area contributed by atoms with E-state index in [9.17, 15) is 0 Å². The summed E-state index contributed by atoms with van der Waals surface area (Å²) in [5.74, 6) is 0. The van der Waals surface area contributed by atoms with Crippen LogP contribution in [0.4, 0.5) is 5.69 Å². The van der Waals surface area contributed by atoms with E-state index in [1.807, 2.05) is 0 Å². The molecule has 2 nitrogen and oxygen atoms in total. The first kappa shape index (κ1) is 13.0. The fraction of sp³-hybridized carbons (Fsp3) is 0.706. The van der Waals surface area contributed by atoms with Gasteiger partial charge in [-0.15, -0.1) is 0 Å². The number of hydrogen-bond acceptors (Lipinski definition) is 2. The molecule has 2 heterocycles. The van der Waals surface area contributed by atoms with Crippen LogP contribution in [-0.2, 0) is 0 Å². The fourth-order valence-electron chi connectivity index (χ4n) is 4.79. The molecule has 3 rings (SSSR count). The minimum Gasteiger partial charge on any atom is -0.361 e. The normalized spacial score (nSPS) is 37.2. The molecule has 19 heavy (non-hydrogen) atoms. The largest absolute Gasteiger partial charge is 0.361 e. The Morgan fingerprint density at radius 2 is 1.89 bits per heavy atom. The van der Waals surface area contributed by atoms with Crippen LogP contribution in [0.2, 0.25) is 0 Å². The highest BCUT2D eigenvalue weighted by atomic mass is 15.3. The van der Waals surface area contributed by atoms with Crippen LogP contribution in [0.1, 0.15) is 57.0 Å². The number of piperidine rings is 1. The van der Waals surface area contributed by atoms with Crippen molar-refractivity contribution in [3.63, 3.8) is 0 Å². The second-order valence-corrected chi connectivity index (χ2v) is 7.39. The molecule has 0 amide bonds. The van der Waals surface area contributed by atoms with Crippen molar-refractivity contribution in [2.24, 2.45) is 5.41 Å². The minimum absolute atomic E-state index is 0.334. The van der Waals surface area contributed by atoms with Crippen molar-refractivity contribution in [3.05, 3.63) is 23.0 Å². The zero-order chi connectivity index (χ0) is 14.0. The van der Waals surface area contributed by atoms with E-state index in [1.54, 1.807) is 0 Å². The molecule has 1 aromatic heterocycles. The lowest BCUT2D eigenvalue weighted by Gasteiger charge is -2.45. The average Bonchev–Trinajstić information content (AvgIpc) is 2.68. The first-order valence-electron chi connectivity index (χ1n) is 7.51. The molecule has 104 valence electrons. The summed E-state index contributed by atoms with van der Waals surface area (Å²) < 4.78 is 0. The van der Waals surface area contributed by atoms with Crippen LogP contribution in [-0.4, -0.2) is 16.6 Å². The van der Waals surface area contributed by atoms with Gasteiger partial charge in [-0.05, 0) is 70.9 Å². The SMILES string of the molecule is Cc1cc(C)c(N2[C@@H](C)C3(C)CCC2(C)C3)c(C)n1. The summed E-state index contributed by atoms with van der Waals surface area (Å²) in [6.45, 7) is 13.8. The summed E-state index contributed by atoms with van der Waals surface area (Å²) in [6.07, 6.45) is 4.02. The third kappa shape index (κ3) is 1.65. The molecular formula is C17H26N2. The van der Waals surface area contributed by atoms with E-state index in [0.717, 1.165) is 5.69 Å². The summed E-state index contributed by atoms with van der Waals surface area (Å²) in [5, 5.41) is 0. The van der Waals surface area contributed by atoms with Gasteiger partial charge in [0.2, 0.25) is 0 Å². The van der Waals surface area contributed by atoms with Gasteiger partial charge in [-0.1, -0.05) is 6.92 Å². The van der Waals surface area contributed by atoms with Crippen LogP contribution < -0.4 is 4.90 Å². The molecule has 0 N–H and O–H groups in total. The van der Waals surface area contributed by atoms with Crippen LogP contribution in [0.5, 0.6) is 0 Å². The van der Waals surface area contributed by atoms with Crippen molar-refractivity contribution in [3.8, 4) is 0 Å². The van der Waals surface area contributed by atoms with E-state index < -0.39 is 0 Å². The first-order valence-corrected chi connectivity index (χ1v) is 7.51. The van der Waals surface area contributed by atoms with Gasteiger partial charge in [-0.3, -0.25) is 4.98 Å². The van der Waals surface area contributed by atoms with Gasteiger partial charge in [0.05, 0.1) is 11.4 Å². The highest BCUT2D eigenvalue weighted by Gasteiger charge is 2.58. The van der Waals surface area contributed by atoms with Gasteiger partial charge in [-0.25, -0.2) is 0 Å². The van der Waals surface area contributed by atoms with Gasteiger partial charge in [-0.2, -0.15) is 0 Å². The number of rotatable bonds is 1. The Balaban J connectivity index is 2.13. The Morgan fingerprint density at radius 1 is 1.21 bits per heavy atom. The molecule has 1 aliphatic carbocycles. The summed E-state index contributed by atoms with van der Waals surface area (Å²) in [6, 6.07) is 2.85. The van der Waals surface area contributed by atoms with Crippen LogP contribution in [0.15, 0.2) is 6.07 Å². The Hall–Kier alpha value is -1.05. The Kier molecular flexibility index (Phi) is 2.55. The van der Waals surface area contributed by atoms with Crippen molar-refractivity contribution < 1.29 is 0 Å². The summed E-state index contributed by atoms with van der Waals surface area (Å²) in [7, 11) is 0. The summed E-state index contributed by atoms with van der Waals surface area (Å²) in [5.41, 5.74) is 5.92. The van der Waals surface area contributed by atoms with Crippen molar-refractivity contribution in [1.82, 2.24) is 4.98 Å². The summed E-state index contributed by atoms with van der Waals surface area (Å²) >= 11 is 0. The zero-order valence-corrected chi connectivity index (χ0v) is 13.2. The molecule has 2 heteroatoms. The molecule has 2 bridgehead atoms. The number of nitrogens with zero attached hydrogens (tertiary/aromatic N) is 2. The van der Waals surface area contributed by atoms with E-state index in [4.69, 9.17) is 4.98 Å². The Labute approximate surface area is 117 Å². The predicted molar refractivity (Wildman–Crippen MR) is 80.8 cm³/mol. The maximum atomic E-state index is 4.71. The van der Waals surface area contributed by atoms with Gasteiger partial charge < -0.3 is 4.90 Å². The monoisotopic (exact) mass is 258 g/mol. The van der Waals surface area contributed by atoms with Gasteiger partial charge in [0, 0.05) is 17.3 Å². The quantitative estimate of drug-likeness (QED) is 0.751. The highest BCUT2D eigenvalue weighted by Crippen LogP contribution is 2.59. The number of aryl methyl sites for hydroxylation is 3. The van der Waals surface area contributed by atoms with Crippen molar-refractivity contribution in [2.75, 3.05) is 4.90 Å². The van der Waals surface area contributed by atoms with Crippen molar-refractivity contribution in [1.29, 1.82) is 0 Å². The fourth-order valence-corrected chi connectivity index (χ4v) is 4.79. The van der Waals surface area contributed by atoms with Gasteiger partial charge in [0.15, 0.2) is 0 Å². The molecule has 1 saturated carbocycles. The molecule has 1 aromatic rings. The van der Waals surface area contributed by atoms with E-state index in [1.165, 1.54) is 36.2 Å². The summed E-state index contributed by atoms with van der Waals surface area (Å²) in [4.78, 5) is 7.40. The predicted octanol–water partition coefficient (Wildman–Crippen LogP) is 4.16. The minimum atomic E-state index is 0.334. The lowest BCUT2D eigenvalue weighted by Crippen LogP contribution is -2.49. The van der Waals surface area contributed by atoms with Crippen LogP contribution in [0, 0.1) is 26.2 Å². The van der Waals surface area contributed by atoms with Crippen LogP contribution in [0.3, 0.4) is 0 Å². The number of anilines is 1. The number of aromatic nitrogens is 1. The second-order valence-electron chi connectivity index (χ2n) is 7.39. The maximum absolute atomic E-state index is 4.71. The third-order valence-corrected chi connectivity index (χ3v) is 5.72. The Morgan fingerprint density at radius 3 is 2.42 bits per heavy atom. The topological polar surface area (TPSA) is 16.1 Å². The molecule has 1 aliphatic heterocycles. The van der Waals surface area contributed by atoms with Gasteiger partial charge in [0.1, 0.15) is 0 Å².